The third kappa shape index (κ3) is 11.3. The maximum absolute atomic E-state index is 13.1. The summed E-state index contributed by atoms with van der Waals surface area (Å²) in [6.45, 7) is 0. The van der Waals surface area contributed by atoms with Gasteiger partial charge in [0.15, 0.2) is 11.9 Å². The minimum absolute atomic E-state index is 0.194. The van der Waals surface area contributed by atoms with Gasteiger partial charge in [0, 0.05) is 84.4 Å². The molecule has 9 rings (SSSR count). The molecule has 0 radical (unpaired) electrons. The number of nitrogen functional groups attached to an aromatic ring is 1. The van der Waals surface area contributed by atoms with Crippen LogP contribution in [0.15, 0.2) is 155 Å². The molecule has 9 aromatic rings. The molecule has 0 aliphatic heterocycles. The summed E-state index contributed by atoms with van der Waals surface area (Å²) in [6, 6.07) is 27.2. The first-order chi connectivity index (χ1) is 29.9. The highest BCUT2D eigenvalue weighted by Gasteiger charge is 2.22. The molecule has 0 aliphatic rings. The van der Waals surface area contributed by atoms with Crippen LogP contribution in [-0.2, 0) is 35.7 Å². The topological polar surface area (TPSA) is 175 Å². The van der Waals surface area contributed by atoms with E-state index in [0.29, 0.717) is 38.9 Å². The van der Waals surface area contributed by atoms with Crippen LogP contribution in [0.1, 0.15) is 43.9 Å². The monoisotopic (exact) mass is 1010 g/mol. The van der Waals surface area contributed by atoms with Crippen LogP contribution in [0.3, 0.4) is 0 Å². The fraction of sp³-hybridized carbons (Fsp3) is 0.0889. The van der Waals surface area contributed by atoms with Gasteiger partial charge in [-0.15, -0.1) is 0 Å². The molecule has 3 N–H and O–H groups in total. The summed E-state index contributed by atoms with van der Waals surface area (Å²) in [5.74, 6) is 0.428. The van der Waals surface area contributed by atoms with E-state index in [9.17, 15) is 13.2 Å². The standard InChI is InChI=1S/C20H16BrClN4.C19H15ClN4O2S.C6H4BrNO/c21-19-6-3-13(9-24-19)1-4-17-5-2-14(10-23-17)7-15-11-25-20-18(15)8-16(22)12-26-20;20-15-9-17-14(8-13-6-7-18(21)22-10-13)12-24(19(17)23-11-15)27(25,26)16-4-2-1-3-5-16;7-6-2-1-5(4-9)3-8-6/h2-3,5-6,8-12H,1,4,7H2,(H,25,26);1-7,9-12H,8H2,(H2,21,22);1-4H. The first-order valence-corrected chi connectivity index (χ1v) is 22.6. The molecule has 0 spiro atoms. The van der Waals surface area contributed by atoms with Crippen LogP contribution in [0, 0.1) is 0 Å². The molecular weight excluding hydrogens is 977 g/mol. The number of nitrogens with zero attached hydrogens (tertiary/aromatic N) is 7. The Labute approximate surface area is 384 Å². The predicted molar refractivity (Wildman–Crippen MR) is 250 cm³/mol. The summed E-state index contributed by atoms with van der Waals surface area (Å²) in [6.07, 6.45) is 17.6. The van der Waals surface area contributed by atoms with Crippen LogP contribution in [-0.4, -0.2) is 53.6 Å². The molecule has 0 bridgehead atoms. The number of anilines is 1. The molecule has 0 amide bonds. The number of carbonyl (C=O) groups is 1. The number of rotatable bonds is 10. The van der Waals surface area contributed by atoms with Crippen molar-refractivity contribution < 1.29 is 13.2 Å². The average Bonchev–Trinajstić information content (AvgIpc) is 3.86. The van der Waals surface area contributed by atoms with Crippen LogP contribution in [0.2, 0.25) is 10.0 Å². The van der Waals surface area contributed by atoms with Gasteiger partial charge in [-0.2, -0.15) is 0 Å². The number of aromatic amines is 1. The third-order valence-corrected chi connectivity index (χ3v) is 12.4. The molecule has 17 heteroatoms. The van der Waals surface area contributed by atoms with Gasteiger partial charge < -0.3 is 10.7 Å². The largest absolute Gasteiger partial charge is 0.384 e. The van der Waals surface area contributed by atoms with Gasteiger partial charge in [-0.05, 0) is 127 Å². The van der Waals surface area contributed by atoms with E-state index in [0.717, 1.165) is 62.6 Å². The fourth-order valence-electron chi connectivity index (χ4n) is 6.30. The van der Waals surface area contributed by atoms with Gasteiger partial charge in [0.2, 0.25) is 0 Å². The number of aryl methyl sites for hydroxylation is 2. The highest BCUT2D eigenvalue weighted by Crippen LogP contribution is 2.29. The maximum Gasteiger partial charge on any atom is 0.269 e. The molecule has 0 saturated carbocycles. The van der Waals surface area contributed by atoms with Gasteiger partial charge in [-0.3, -0.25) is 9.78 Å². The Hall–Kier alpha value is -5.84. The number of hydrogen-bond acceptors (Lipinski definition) is 10. The lowest BCUT2D eigenvalue weighted by atomic mass is 10.1. The van der Waals surface area contributed by atoms with Crippen molar-refractivity contribution >= 4 is 99.3 Å². The Kier molecular flexibility index (Phi) is 14.5. The van der Waals surface area contributed by atoms with Crippen LogP contribution < -0.4 is 5.73 Å². The number of hydrogen-bond donors (Lipinski definition) is 2. The smallest absolute Gasteiger partial charge is 0.269 e. The summed E-state index contributed by atoms with van der Waals surface area (Å²) in [5.41, 5.74) is 13.7. The SMILES string of the molecule is Clc1cnc2[nH]cc(Cc3ccc(CCc4ccc(Br)nc4)nc3)c2c1.Nc1ccc(Cc2cn(S(=O)(=O)c3ccccc3)c3ncc(Cl)cc23)cn1.O=Cc1ccc(Br)nc1. The number of nitrogens with one attached hydrogen (secondary N) is 1. The number of fused-ring (bicyclic) bond motifs is 2. The molecule has 12 nitrogen and oxygen atoms in total. The van der Waals surface area contributed by atoms with E-state index in [1.165, 1.54) is 33.1 Å². The van der Waals surface area contributed by atoms with Crippen molar-refractivity contribution in [1.29, 1.82) is 0 Å². The highest BCUT2D eigenvalue weighted by molar-refractivity contribution is 9.10. The number of aldehydes is 1. The van der Waals surface area contributed by atoms with Gasteiger partial charge in [0.05, 0.1) is 14.9 Å². The van der Waals surface area contributed by atoms with E-state index in [-0.39, 0.29) is 4.90 Å². The van der Waals surface area contributed by atoms with Crippen molar-refractivity contribution in [3.05, 3.63) is 199 Å². The molecule has 8 aromatic heterocycles. The number of carbonyl (C=O) groups excluding carboxylic acids is 1. The summed E-state index contributed by atoms with van der Waals surface area (Å²) in [7, 11) is -3.78. The first kappa shape index (κ1) is 44.2. The Bertz CT molecular complexity index is 3050. The highest BCUT2D eigenvalue weighted by atomic mass is 79.9. The van der Waals surface area contributed by atoms with E-state index in [1.807, 2.05) is 36.8 Å². The third-order valence-electron chi connectivity index (χ3n) is 9.41. The number of aromatic nitrogens is 8. The number of benzene rings is 1. The number of nitrogens with two attached hydrogens (primary N) is 1. The molecular formula is C45H35Br2Cl2N9O3S. The molecule has 62 heavy (non-hydrogen) atoms. The lowest BCUT2D eigenvalue weighted by Gasteiger charge is -2.06. The summed E-state index contributed by atoms with van der Waals surface area (Å²) >= 11 is 18.7. The fourth-order valence-corrected chi connectivity index (χ4v) is 8.45. The molecule has 312 valence electrons. The zero-order valence-electron chi connectivity index (χ0n) is 32.5. The Balaban J connectivity index is 0.000000156. The van der Waals surface area contributed by atoms with Crippen LogP contribution in [0.5, 0.6) is 0 Å². The van der Waals surface area contributed by atoms with Gasteiger partial charge >= 0.3 is 0 Å². The van der Waals surface area contributed by atoms with Crippen molar-refractivity contribution in [3.8, 4) is 0 Å². The second-order valence-corrected chi connectivity index (χ2v) is 18.1. The minimum Gasteiger partial charge on any atom is -0.384 e. The number of pyridine rings is 6. The normalized spacial score (nSPS) is 11.1. The average molecular weight is 1010 g/mol. The Morgan fingerprint density at radius 3 is 1.95 bits per heavy atom. The quantitative estimate of drug-likeness (QED) is 0.0991. The summed E-state index contributed by atoms with van der Waals surface area (Å²) in [4.78, 5) is 38.8. The first-order valence-electron chi connectivity index (χ1n) is 18.8. The number of H-pyrrole nitrogens is 1. The second kappa shape index (κ2) is 20.4. The predicted octanol–water partition coefficient (Wildman–Crippen LogP) is 10.3. The van der Waals surface area contributed by atoms with Crippen molar-refractivity contribution in [2.24, 2.45) is 0 Å². The van der Waals surface area contributed by atoms with Crippen LogP contribution >= 0.6 is 55.1 Å². The zero-order chi connectivity index (χ0) is 43.6. The molecule has 0 fully saturated rings. The van der Waals surface area contributed by atoms with Crippen molar-refractivity contribution in [2.45, 2.75) is 30.6 Å². The van der Waals surface area contributed by atoms with E-state index in [2.05, 4.69) is 84.9 Å². The van der Waals surface area contributed by atoms with Crippen LogP contribution in [0.4, 0.5) is 5.82 Å². The summed E-state index contributed by atoms with van der Waals surface area (Å²) < 4.78 is 29.0. The van der Waals surface area contributed by atoms with Crippen LogP contribution in [0.25, 0.3) is 22.1 Å². The van der Waals surface area contributed by atoms with Gasteiger partial charge in [-0.1, -0.05) is 59.6 Å². The molecule has 0 unspecified atom stereocenters. The van der Waals surface area contributed by atoms with Crippen molar-refractivity contribution in [2.75, 3.05) is 5.73 Å². The summed E-state index contributed by atoms with van der Waals surface area (Å²) in [5, 5.41) is 2.83. The number of halogens is 4. The van der Waals surface area contributed by atoms with E-state index >= 15 is 0 Å². The molecule has 0 atom stereocenters. The molecule has 0 saturated heterocycles. The van der Waals surface area contributed by atoms with Gasteiger partial charge in [-0.25, -0.2) is 37.3 Å². The van der Waals surface area contributed by atoms with E-state index in [1.54, 1.807) is 73.2 Å². The maximum atomic E-state index is 13.1. The van der Waals surface area contributed by atoms with Gasteiger partial charge in [0.25, 0.3) is 10.0 Å². The minimum atomic E-state index is -3.78. The Morgan fingerprint density at radius 2 is 1.31 bits per heavy atom. The van der Waals surface area contributed by atoms with E-state index < -0.39 is 10.0 Å². The lowest BCUT2D eigenvalue weighted by Crippen LogP contribution is -2.12. The zero-order valence-corrected chi connectivity index (χ0v) is 38.0. The van der Waals surface area contributed by atoms with Crippen molar-refractivity contribution in [3.63, 3.8) is 0 Å². The Morgan fingerprint density at radius 1 is 0.661 bits per heavy atom. The van der Waals surface area contributed by atoms with E-state index in [4.69, 9.17) is 28.9 Å². The molecule has 8 heterocycles. The van der Waals surface area contributed by atoms with Crippen molar-refractivity contribution in [1.82, 2.24) is 38.9 Å². The van der Waals surface area contributed by atoms with Gasteiger partial charge in [0.1, 0.15) is 20.7 Å². The second-order valence-electron chi connectivity index (χ2n) is 13.8. The molecule has 0 aliphatic carbocycles. The lowest BCUT2D eigenvalue weighted by molar-refractivity contribution is 0.112. The molecule has 1 aromatic carbocycles.